The van der Waals surface area contributed by atoms with Crippen LogP contribution < -0.4 is 5.32 Å². The number of H-pyrrole nitrogens is 1. The van der Waals surface area contributed by atoms with E-state index >= 15 is 0 Å². The summed E-state index contributed by atoms with van der Waals surface area (Å²) in [5.74, 6) is 0.120. The monoisotopic (exact) mass is 242 g/mol. The van der Waals surface area contributed by atoms with Crippen molar-refractivity contribution in [3.63, 3.8) is 0 Å². The smallest absolute Gasteiger partial charge is 0.220 e. The molecule has 0 spiro atoms. The predicted octanol–water partition coefficient (Wildman–Crippen LogP) is 2.31. The number of hydrogen-bond donors (Lipinski definition) is 2. The molecule has 0 saturated heterocycles. The average molecular weight is 242 g/mol. The van der Waals surface area contributed by atoms with Gasteiger partial charge in [-0.25, -0.2) is 0 Å². The van der Waals surface area contributed by atoms with Gasteiger partial charge in [0, 0.05) is 25.4 Å². The second kappa shape index (κ2) is 6.64. The van der Waals surface area contributed by atoms with Crippen LogP contribution >= 0.6 is 0 Å². The van der Waals surface area contributed by atoms with Gasteiger partial charge in [-0.15, -0.1) is 0 Å². The van der Waals surface area contributed by atoms with Crippen molar-refractivity contribution in [3.8, 4) is 0 Å². The summed E-state index contributed by atoms with van der Waals surface area (Å²) in [7, 11) is 0. The zero-order chi connectivity index (χ0) is 12.6. The van der Waals surface area contributed by atoms with Gasteiger partial charge in [0.1, 0.15) is 0 Å². The molecule has 0 bridgehead atoms. The maximum Gasteiger partial charge on any atom is 0.220 e. The molecule has 0 fully saturated rings. The van der Waals surface area contributed by atoms with Crippen LogP contribution in [0.5, 0.6) is 0 Å². The summed E-state index contributed by atoms with van der Waals surface area (Å²) in [6.07, 6.45) is 6.08. The maximum atomic E-state index is 11.6. The van der Waals surface area contributed by atoms with Gasteiger partial charge in [-0.2, -0.15) is 0 Å². The fourth-order valence-electron chi connectivity index (χ4n) is 1.85. The number of amides is 1. The molecule has 18 heavy (non-hydrogen) atoms. The van der Waals surface area contributed by atoms with E-state index in [0.717, 1.165) is 12.8 Å². The van der Waals surface area contributed by atoms with Crippen LogP contribution in [0.3, 0.4) is 0 Å². The van der Waals surface area contributed by atoms with E-state index in [0.29, 0.717) is 13.0 Å². The Balaban J connectivity index is 1.63. The Labute approximate surface area is 107 Å². The zero-order valence-electron chi connectivity index (χ0n) is 10.4. The topological polar surface area (TPSA) is 44.9 Å². The third kappa shape index (κ3) is 4.09. The lowest BCUT2D eigenvalue weighted by Gasteiger charge is -2.04. The van der Waals surface area contributed by atoms with Crippen molar-refractivity contribution in [1.82, 2.24) is 10.3 Å². The molecule has 94 valence electrons. The Morgan fingerprint density at radius 1 is 1.06 bits per heavy atom. The molecule has 0 radical (unpaired) electrons. The van der Waals surface area contributed by atoms with E-state index in [1.54, 1.807) is 0 Å². The maximum absolute atomic E-state index is 11.6. The highest BCUT2D eigenvalue weighted by atomic mass is 16.1. The number of aromatic amines is 1. The van der Waals surface area contributed by atoms with Gasteiger partial charge in [0.2, 0.25) is 5.91 Å². The molecule has 0 aliphatic heterocycles. The highest BCUT2D eigenvalue weighted by Crippen LogP contribution is 2.02. The van der Waals surface area contributed by atoms with Crippen molar-refractivity contribution < 1.29 is 4.79 Å². The molecule has 1 aromatic carbocycles. The second-order valence-electron chi connectivity index (χ2n) is 4.30. The van der Waals surface area contributed by atoms with Crippen LogP contribution in [-0.2, 0) is 17.6 Å². The number of carbonyl (C=O) groups is 1. The Morgan fingerprint density at radius 2 is 1.89 bits per heavy atom. The number of aromatic nitrogens is 1. The highest BCUT2D eigenvalue weighted by Gasteiger charge is 2.01. The van der Waals surface area contributed by atoms with E-state index in [2.05, 4.69) is 10.3 Å². The van der Waals surface area contributed by atoms with E-state index in [1.165, 1.54) is 11.1 Å². The van der Waals surface area contributed by atoms with E-state index in [-0.39, 0.29) is 5.91 Å². The lowest BCUT2D eigenvalue weighted by molar-refractivity contribution is -0.121. The first kappa shape index (κ1) is 12.4. The Hall–Kier alpha value is -2.03. The van der Waals surface area contributed by atoms with Crippen molar-refractivity contribution >= 4 is 5.91 Å². The number of aryl methyl sites for hydroxylation is 1. The Bertz CT molecular complexity index is 463. The van der Waals surface area contributed by atoms with Gasteiger partial charge in [-0.05, 0) is 30.0 Å². The molecule has 1 heterocycles. The number of rotatable bonds is 6. The second-order valence-corrected chi connectivity index (χ2v) is 4.30. The quantitative estimate of drug-likeness (QED) is 0.802. The van der Waals surface area contributed by atoms with Crippen molar-refractivity contribution in [2.24, 2.45) is 0 Å². The molecular formula is C15H18N2O. The predicted molar refractivity (Wildman–Crippen MR) is 72.3 cm³/mol. The largest absolute Gasteiger partial charge is 0.367 e. The fraction of sp³-hybridized carbons (Fsp3) is 0.267. The minimum absolute atomic E-state index is 0.120. The summed E-state index contributed by atoms with van der Waals surface area (Å²) in [4.78, 5) is 14.6. The third-order valence-electron chi connectivity index (χ3n) is 2.88. The van der Waals surface area contributed by atoms with Gasteiger partial charge in [-0.3, -0.25) is 4.79 Å². The van der Waals surface area contributed by atoms with Crippen LogP contribution in [0.4, 0.5) is 0 Å². The van der Waals surface area contributed by atoms with E-state index < -0.39 is 0 Å². The number of benzene rings is 1. The molecule has 0 unspecified atom stereocenters. The minimum Gasteiger partial charge on any atom is -0.367 e. The van der Waals surface area contributed by atoms with Gasteiger partial charge < -0.3 is 10.3 Å². The fourth-order valence-corrected chi connectivity index (χ4v) is 1.85. The van der Waals surface area contributed by atoms with Crippen molar-refractivity contribution in [2.45, 2.75) is 19.3 Å². The van der Waals surface area contributed by atoms with Crippen LogP contribution in [0.15, 0.2) is 48.8 Å². The van der Waals surface area contributed by atoms with Crippen LogP contribution in [0.1, 0.15) is 17.5 Å². The summed E-state index contributed by atoms with van der Waals surface area (Å²) in [6.45, 7) is 0.700. The van der Waals surface area contributed by atoms with Crippen molar-refractivity contribution in [2.75, 3.05) is 6.54 Å². The van der Waals surface area contributed by atoms with Gasteiger partial charge in [0.15, 0.2) is 0 Å². The normalized spacial score (nSPS) is 10.2. The summed E-state index contributed by atoms with van der Waals surface area (Å²) in [6, 6.07) is 12.1. The van der Waals surface area contributed by atoms with E-state index in [1.807, 2.05) is 48.8 Å². The molecule has 2 N–H and O–H groups in total. The first-order valence-electron chi connectivity index (χ1n) is 6.27. The summed E-state index contributed by atoms with van der Waals surface area (Å²) in [5, 5.41) is 2.94. The molecule has 2 aromatic rings. The highest BCUT2D eigenvalue weighted by molar-refractivity contribution is 5.76. The molecule has 0 aliphatic carbocycles. The molecule has 0 saturated carbocycles. The molecular weight excluding hydrogens is 224 g/mol. The van der Waals surface area contributed by atoms with Crippen molar-refractivity contribution in [3.05, 3.63) is 59.9 Å². The van der Waals surface area contributed by atoms with Gasteiger partial charge in [0.05, 0.1) is 0 Å². The Kier molecular flexibility index (Phi) is 4.59. The molecule has 3 nitrogen and oxygen atoms in total. The van der Waals surface area contributed by atoms with Gasteiger partial charge in [0.25, 0.3) is 0 Å². The van der Waals surface area contributed by atoms with Crippen molar-refractivity contribution in [1.29, 1.82) is 0 Å². The number of nitrogens with one attached hydrogen (secondary N) is 2. The number of carbonyl (C=O) groups excluding carboxylic acids is 1. The molecule has 2 rings (SSSR count). The lowest BCUT2D eigenvalue weighted by atomic mass is 10.1. The van der Waals surface area contributed by atoms with E-state index in [4.69, 9.17) is 0 Å². The van der Waals surface area contributed by atoms with Gasteiger partial charge in [-0.1, -0.05) is 30.3 Å². The number of hydrogen-bond acceptors (Lipinski definition) is 1. The first-order chi connectivity index (χ1) is 8.84. The summed E-state index contributed by atoms with van der Waals surface area (Å²) >= 11 is 0. The third-order valence-corrected chi connectivity index (χ3v) is 2.88. The SMILES string of the molecule is O=C(CCc1ccccc1)NCCc1cc[nH]c1. The zero-order valence-corrected chi connectivity index (χ0v) is 10.4. The average Bonchev–Trinajstić information content (AvgIpc) is 2.91. The standard InChI is InChI=1S/C15H18N2O/c18-15(7-6-13-4-2-1-3-5-13)17-11-9-14-8-10-16-12-14/h1-5,8,10,12,16H,6-7,9,11H2,(H,17,18). The molecule has 1 aromatic heterocycles. The summed E-state index contributed by atoms with van der Waals surface area (Å²) < 4.78 is 0. The molecule has 3 heteroatoms. The van der Waals surface area contributed by atoms with Crippen LogP contribution in [-0.4, -0.2) is 17.4 Å². The van der Waals surface area contributed by atoms with Gasteiger partial charge >= 0.3 is 0 Å². The molecule has 0 aliphatic rings. The first-order valence-corrected chi connectivity index (χ1v) is 6.27. The van der Waals surface area contributed by atoms with Crippen LogP contribution in [0, 0.1) is 0 Å². The Morgan fingerprint density at radius 3 is 2.61 bits per heavy atom. The molecule has 0 atom stereocenters. The minimum atomic E-state index is 0.120. The van der Waals surface area contributed by atoms with Crippen LogP contribution in [0.2, 0.25) is 0 Å². The molecule has 1 amide bonds. The summed E-state index contributed by atoms with van der Waals surface area (Å²) in [5.41, 5.74) is 2.43. The van der Waals surface area contributed by atoms with E-state index in [9.17, 15) is 4.79 Å². The lowest BCUT2D eigenvalue weighted by Crippen LogP contribution is -2.25. The van der Waals surface area contributed by atoms with Crippen LogP contribution in [0.25, 0.3) is 0 Å².